The van der Waals surface area contributed by atoms with E-state index in [4.69, 9.17) is 0 Å². The second-order valence-electron chi connectivity index (χ2n) is 3.60. The van der Waals surface area contributed by atoms with E-state index in [2.05, 4.69) is 10.4 Å². The van der Waals surface area contributed by atoms with Crippen molar-refractivity contribution in [1.29, 1.82) is 0 Å². The lowest BCUT2D eigenvalue weighted by Crippen LogP contribution is -2.32. The van der Waals surface area contributed by atoms with Crippen molar-refractivity contribution >= 4 is 0 Å². The molecule has 1 rings (SSSR count). The normalized spacial score (nSPS) is 15.5. The van der Waals surface area contributed by atoms with Crippen LogP contribution in [0.4, 0.5) is 0 Å². The molecule has 0 spiro atoms. The number of hydrogen-bond acceptors (Lipinski definition) is 3. The maximum atomic E-state index is 10.00. The van der Waals surface area contributed by atoms with E-state index in [-0.39, 0.29) is 6.04 Å². The van der Waals surface area contributed by atoms with Crippen LogP contribution in [-0.2, 0) is 7.05 Å². The molecule has 1 aromatic rings. The van der Waals surface area contributed by atoms with Gasteiger partial charge in [-0.05, 0) is 20.4 Å². The Labute approximate surface area is 84.9 Å². The van der Waals surface area contributed by atoms with E-state index in [0.29, 0.717) is 0 Å². The van der Waals surface area contributed by atoms with E-state index < -0.39 is 6.10 Å². The van der Waals surface area contributed by atoms with Crippen molar-refractivity contribution in [2.24, 2.45) is 7.05 Å². The largest absolute Gasteiger partial charge is 0.387 e. The third-order valence-electron chi connectivity index (χ3n) is 2.59. The summed E-state index contributed by atoms with van der Waals surface area (Å²) in [6.07, 6.45) is 1.25. The van der Waals surface area contributed by atoms with E-state index >= 15 is 0 Å². The molecule has 2 atom stereocenters. The number of nitrogens with zero attached hydrogens (tertiary/aromatic N) is 2. The maximum Gasteiger partial charge on any atom is 0.0973 e. The molecule has 1 heterocycles. The van der Waals surface area contributed by atoms with Gasteiger partial charge in [0, 0.05) is 24.3 Å². The molecule has 0 saturated heterocycles. The lowest BCUT2D eigenvalue weighted by molar-refractivity contribution is 0.136. The fraction of sp³-hybridized carbons (Fsp3) is 0.700. The first-order valence-electron chi connectivity index (χ1n) is 4.97. The average molecular weight is 197 g/mol. The number of aliphatic hydroxyl groups excluding tert-OH is 1. The lowest BCUT2D eigenvalue weighted by atomic mass is 10.0. The zero-order valence-electron chi connectivity index (χ0n) is 9.28. The summed E-state index contributed by atoms with van der Waals surface area (Å²) in [5.41, 5.74) is 1.92. The quantitative estimate of drug-likeness (QED) is 0.749. The Balaban J connectivity index is 2.78. The molecule has 0 aliphatic rings. The predicted molar refractivity (Wildman–Crippen MR) is 56.0 cm³/mol. The topological polar surface area (TPSA) is 50.1 Å². The highest BCUT2D eigenvalue weighted by Gasteiger charge is 2.19. The van der Waals surface area contributed by atoms with E-state index in [0.717, 1.165) is 17.8 Å². The monoisotopic (exact) mass is 197 g/mol. The zero-order valence-corrected chi connectivity index (χ0v) is 9.28. The molecular formula is C10H19N3O. The van der Waals surface area contributed by atoms with Crippen molar-refractivity contribution in [3.05, 3.63) is 17.5 Å². The molecular weight excluding hydrogens is 178 g/mol. The molecule has 0 radical (unpaired) electrons. The van der Waals surface area contributed by atoms with Crippen molar-refractivity contribution in [3.63, 3.8) is 0 Å². The molecule has 0 fully saturated rings. The summed E-state index contributed by atoms with van der Waals surface area (Å²) in [4.78, 5) is 0. The van der Waals surface area contributed by atoms with E-state index in [9.17, 15) is 5.11 Å². The fourth-order valence-corrected chi connectivity index (χ4v) is 1.51. The van der Waals surface area contributed by atoms with Gasteiger partial charge in [-0.2, -0.15) is 5.10 Å². The minimum atomic E-state index is -0.483. The number of rotatable bonds is 4. The van der Waals surface area contributed by atoms with Gasteiger partial charge in [-0.25, -0.2) is 0 Å². The van der Waals surface area contributed by atoms with E-state index in [1.807, 2.05) is 27.8 Å². The van der Waals surface area contributed by atoms with Gasteiger partial charge in [-0.1, -0.05) is 6.92 Å². The van der Waals surface area contributed by atoms with Crippen LogP contribution >= 0.6 is 0 Å². The van der Waals surface area contributed by atoms with Gasteiger partial charge in [0.15, 0.2) is 0 Å². The first-order valence-corrected chi connectivity index (χ1v) is 4.97. The Morgan fingerprint density at radius 3 is 2.71 bits per heavy atom. The third kappa shape index (κ3) is 2.13. The molecule has 0 bridgehead atoms. The number of hydrogen-bond donors (Lipinski definition) is 2. The number of aromatic nitrogens is 2. The summed E-state index contributed by atoms with van der Waals surface area (Å²) in [6, 6.07) is 0.0582. The average Bonchev–Trinajstić information content (AvgIpc) is 2.47. The Morgan fingerprint density at radius 2 is 2.29 bits per heavy atom. The summed E-state index contributed by atoms with van der Waals surface area (Å²) >= 11 is 0. The molecule has 0 amide bonds. The van der Waals surface area contributed by atoms with Gasteiger partial charge in [0.05, 0.1) is 12.3 Å². The van der Waals surface area contributed by atoms with Crippen LogP contribution in [0.25, 0.3) is 0 Å². The number of aliphatic hydroxyl groups is 1. The summed E-state index contributed by atoms with van der Waals surface area (Å²) in [6.45, 7) is 6.82. The lowest BCUT2D eigenvalue weighted by Gasteiger charge is -2.19. The number of nitrogens with one attached hydrogen (secondary N) is 1. The molecule has 2 unspecified atom stereocenters. The van der Waals surface area contributed by atoms with Crippen molar-refractivity contribution < 1.29 is 5.11 Å². The Kier molecular flexibility index (Phi) is 3.66. The van der Waals surface area contributed by atoms with Crippen molar-refractivity contribution in [2.45, 2.75) is 32.9 Å². The van der Waals surface area contributed by atoms with Crippen molar-refractivity contribution in [2.75, 3.05) is 6.54 Å². The fourth-order valence-electron chi connectivity index (χ4n) is 1.51. The predicted octanol–water partition coefficient (Wildman–Crippen LogP) is 0.760. The Morgan fingerprint density at radius 1 is 1.64 bits per heavy atom. The molecule has 4 heteroatoms. The van der Waals surface area contributed by atoms with Crippen LogP contribution < -0.4 is 5.32 Å². The number of likely N-dealkylation sites (N-methyl/N-ethyl adjacent to an activating group) is 1. The summed E-state index contributed by atoms with van der Waals surface area (Å²) in [5, 5.41) is 17.3. The number of aryl methyl sites for hydroxylation is 1. The first kappa shape index (κ1) is 11.2. The van der Waals surface area contributed by atoms with Gasteiger partial charge in [-0.15, -0.1) is 0 Å². The molecule has 4 nitrogen and oxygen atoms in total. The standard InChI is InChI=1S/C10H19N3O/c1-5-11-7(2)10(14)9-6-12-13(4)8(9)3/h6-7,10-11,14H,5H2,1-4H3. The molecule has 0 aliphatic heterocycles. The van der Waals surface area contributed by atoms with Gasteiger partial charge >= 0.3 is 0 Å². The highest BCUT2D eigenvalue weighted by molar-refractivity contribution is 5.20. The van der Waals surface area contributed by atoms with Gasteiger partial charge in [0.1, 0.15) is 0 Å². The molecule has 2 N–H and O–H groups in total. The van der Waals surface area contributed by atoms with Crippen LogP contribution in [0.5, 0.6) is 0 Å². The van der Waals surface area contributed by atoms with Crippen LogP contribution in [0.2, 0.25) is 0 Å². The summed E-state index contributed by atoms with van der Waals surface area (Å²) in [7, 11) is 1.88. The molecule has 14 heavy (non-hydrogen) atoms. The molecule has 0 saturated carbocycles. The molecule has 0 aliphatic carbocycles. The molecule has 1 aromatic heterocycles. The third-order valence-corrected chi connectivity index (χ3v) is 2.59. The Bertz CT molecular complexity index is 296. The molecule has 80 valence electrons. The van der Waals surface area contributed by atoms with Crippen LogP contribution in [0, 0.1) is 6.92 Å². The van der Waals surface area contributed by atoms with E-state index in [1.165, 1.54) is 0 Å². The zero-order chi connectivity index (χ0) is 10.7. The highest BCUT2D eigenvalue weighted by Crippen LogP contribution is 2.19. The van der Waals surface area contributed by atoms with Crippen LogP contribution in [0.1, 0.15) is 31.2 Å². The van der Waals surface area contributed by atoms with E-state index in [1.54, 1.807) is 10.9 Å². The SMILES string of the molecule is CCNC(C)C(O)c1cnn(C)c1C. The minimum Gasteiger partial charge on any atom is -0.387 e. The van der Waals surface area contributed by atoms with Crippen LogP contribution in [0.15, 0.2) is 6.20 Å². The van der Waals surface area contributed by atoms with Gasteiger partial charge in [-0.3, -0.25) is 4.68 Å². The second-order valence-corrected chi connectivity index (χ2v) is 3.60. The van der Waals surface area contributed by atoms with Crippen LogP contribution in [-0.4, -0.2) is 27.5 Å². The van der Waals surface area contributed by atoms with Crippen molar-refractivity contribution in [3.8, 4) is 0 Å². The van der Waals surface area contributed by atoms with Crippen molar-refractivity contribution in [1.82, 2.24) is 15.1 Å². The van der Waals surface area contributed by atoms with Gasteiger partial charge in [0.25, 0.3) is 0 Å². The molecule has 0 aromatic carbocycles. The second kappa shape index (κ2) is 4.57. The minimum absolute atomic E-state index is 0.0582. The smallest absolute Gasteiger partial charge is 0.0973 e. The summed E-state index contributed by atoms with van der Waals surface area (Å²) in [5.74, 6) is 0. The summed E-state index contributed by atoms with van der Waals surface area (Å²) < 4.78 is 1.78. The van der Waals surface area contributed by atoms with Crippen LogP contribution in [0.3, 0.4) is 0 Å². The first-order chi connectivity index (χ1) is 6.57. The van der Waals surface area contributed by atoms with Gasteiger partial charge in [0.2, 0.25) is 0 Å². The Hall–Kier alpha value is -0.870. The maximum absolute atomic E-state index is 10.00. The highest BCUT2D eigenvalue weighted by atomic mass is 16.3. The van der Waals surface area contributed by atoms with Gasteiger partial charge < -0.3 is 10.4 Å².